The number of amides is 2. The summed E-state index contributed by atoms with van der Waals surface area (Å²) in [5, 5.41) is 23.1. The highest BCUT2D eigenvalue weighted by Crippen LogP contribution is 2.47. The van der Waals surface area contributed by atoms with Crippen molar-refractivity contribution in [2.75, 3.05) is 23.0 Å². The molecule has 170 valence electrons. The third kappa shape index (κ3) is 3.84. The van der Waals surface area contributed by atoms with Gasteiger partial charge in [-0.25, -0.2) is 23.8 Å². The second kappa shape index (κ2) is 7.81. The number of anilines is 3. The highest BCUT2D eigenvalue weighted by Gasteiger charge is 2.42. The summed E-state index contributed by atoms with van der Waals surface area (Å²) < 4.78 is 21.5. The number of nitrogens with zero attached hydrogens (tertiary/aromatic N) is 5. The maximum absolute atomic E-state index is 14.8. The van der Waals surface area contributed by atoms with Gasteiger partial charge in [0.25, 0.3) is 0 Å². The molecule has 1 aliphatic rings. The van der Waals surface area contributed by atoms with Gasteiger partial charge < -0.3 is 20.7 Å². The highest BCUT2D eigenvalue weighted by molar-refractivity contribution is 6.00. The number of hydrogen-bond donors (Lipinski definition) is 4. The van der Waals surface area contributed by atoms with Gasteiger partial charge in [-0.3, -0.25) is 5.32 Å². The average molecular weight is 452 g/mol. The Morgan fingerprint density at radius 1 is 1.30 bits per heavy atom. The molecule has 1 saturated carbocycles. The van der Waals surface area contributed by atoms with Crippen molar-refractivity contribution in [3.8, 4) is 11.3 Å². The second-order valence-corrected chi connectivity index (χ2v) is 8.16. The fraction of sp³-hybridized carbons (Fsp3) is 0.286. The van der Waals surface area contributed by atoms with Crippen LogP contribution in [0.15, 0.2) is 35.1 Å². The Hall–Kier alpha value is -4.06. The van der Waals surface area contributed by atoms with Crippen LogP contribution in [0.5, 0.6) is 0 Å². The van der Waals surface area contributed by atoms with Gasteiger partial charge in [0.2, 0.25) is 5.88 Å². The minimum atomic E-state index is -0.674. The molecule has 0 unspecified atom stereocenters. The van der Waals surface area contributed by atoms with E-state index in [1.807, 2.05) is 0 Å². The summed E-state index contributed by atoms with van der Waals surface area (Å²) >= 11 is 0. The number of nitrogens with one attached hydrogen (secondary N) is 2. The van der Waals surface area contributed by atoms with Crippen LogP contribution in [-0.2, 0) is 12.0 Å². The average Bonchev–Trinajstić information content (AvgIpc) is 3.19. The molecule has 2 amide bonds. The maximum Gasteiger partial charge on any atom is 0.326 e. The first kappa shape index (κ1) is 20.8. The molecule has 5 rings (SSSR count). The molecule has 5 N–H and O–H groups in total. The second-order valence-electron chi connectivity index (χ2n) is 8.16. The zero-order chi connectivity index (χ0) is 23.2. The van der Waals surface area contributed by atoms with Crippen molar-refractivity contribution in [1.29, 1.82) is 0 Å². The van der Waals surface area contributed by atoms with Gasteiger partial charge in [0.15, 0.2) is 5.65 Å². The minimum absolute atomic E-state index is 0.00458. The van der Waals surface area contributed by atoms with Crippen molar-refractivity contribution >= 4 is 34.5 Å². The SMILES string of the molecule is CC1(c2cc(NC(=O)Nc3ccc(-c4nn(CCO)c5ncnc(N)c45)cc3F)on2)CC1. The molecule has 1 aromatic carbocycles. The molecule has 4 aromatic rings. The van der Waals surface area contributed by atoms with Crippen LogP contribution in [0, 0.1) is 5.82 Å². The third-order valence-electron chi connectivity index (χ3n) is 5.73. The number of nitrogen functional groups attached to an aromatic ring is 1. The number of aromatic nitrogens is 5. The zero-order valence-corrected chi connectivity index (χ0v) is 17.7. The highest BCUT2D eigenvalue weighted by atomic mass is 19.1. The minimum Gasteiger partial charge on any atom is -0.394 e. The van der Waals surface area contributed by atoms with Gasteiger partial charge in [0.05, 0.1) is 29.9 Å². The number of aliphatic hydroxyl groups is 1. The lowest BCUT2D eigenvalue weighted by Gasteiger charge is -2.08. The standard InChI is InChI=1S/C21H21FN8O3/c1-21(4-5-21)14-9-15(33-29-14)27-20(32)26-13-3-2-11(8-12(13)22)17-16-18(23)24-10-25-19(16)30(28-17)6-7-31/h2-3,8-10,31H,4-7H2,1H3,(H2,23,24,25)(H2,26,27,32). The summed E-state index contributed by atoms with van der Waals surface area (Å²) in [5.74, 6) is -0.302. The lowest BCUT2D eigenvalue weighted by molar-refractivity contribution is 0.261. The number of carbonyl (C=O) groups excluding carboxylic acids is 1. The van der Waals surface area contributed by atoms with E-state index < -0.39 is 11.8 Å². The molecule has 0 aliphatic heterocycles. The third-order valence-corrected chi connectivity index (χ3v) is 5.73. The van der Waals surface area contributed by atoms with E-state index in [1.165, 1.54) is 23.1 Å². The van der Waals surface area contributed by atoms with Crippen molar-refractivity contribution in [2.24, 2.45) is 0 Å². The first-order valence-electron chi connectivity index (χ1n) is 10.3. The summed E-state index contributed by atoms with van der Waals surface area (Å²) in [6.45, 7) is 2.11. The number of nitrogens with two attached hydrogens (primary N) is 1. The normalized spacial score (nSPS) is 14.4. The van der Waals surface area contributed by atoms with E-state index >= 15 is 0 Å². The number of carbonyl (C=O) groups is 1. The van der Waals surface area contributed by atoms with Gasteiger partial charge in [-0.05, 0) is 25.0 Å². The number of urea groups is 1. The lowest BCUT2D eigenvalue weighted by Crippen LogP contribution is -2.19. The van der Waals surface area contributed by atoms with Crippen molar-refractivity contribution in [3.05, 3.63) is 42.1 Å². The number of aliphatic hydroxyl groups excluding tert-OH is 1. The van der Waals surface area contributed by atoms with E-state index in [2.05, 4.69) is 37.8 Å². The van der Waals surface area contributed by atoms with Crippen molar-refractivity contribution in [1.82, 2.24) is 24.9 Å². The van der Waals surface area contributed by atoms with E-state index in [1.54, 1.807) is 12.1 Å². The Bertz CT molecular complexity index is 1360. The fourth-order valence-electron chi connectivity index (χ4n) is 3.57. The summed E-state index contributed by atoms with van der Waals surface area (Å²) in [6, 6.07) is 5.25. The molecule has 0 atom stereocenters. The Morgan fingerprint density at radius 3 is 2.85 bits per heavy atom. The lowest BCUT2D eigenvalue weighted by atomic mass is 10.1. The van der Waals surface area contributed by atoms with Crippen LogP contribution in [0.2, 0.25) is 0 Å². The summed E-state index contributed by atoms with van der Waals surface area (Å²) in [6.07, 6.45) is 3.34. The van der Waals surface area contributed by atoms with E-state index in [-0.39, 0.29) is 36.0 Å². The van der Waals surface area contributed by atoms with Gasteiger partial charge in [-0.15, -0.1) is 0 Å². The predicted molar refractivity (Wildman–Crippen MR) is 118 cm³/mol. The molecule has 0 radical (unpaired) electrons. The van der Waals surface area contributed by atoms with Gasteiger partial charge in [0.1, 0.15) is 23.7 Å². The van der Waals surface area contributed by atoms with Crippen LogP contribution < -0.4 is 16.4 Å². The number of halogens is 1. The van der Waals surface area contributed by atoms with Crippen LogP contribution in [0.3, 0.4) is 0 Å². The van der Waals surface area contributed by atoms with Crippen LogP contribution in [0.1, 0.15) is 25.5 Å². The topological polar surface area (TPSA) is 157 Å². The van der Waals surface area contributed by atoms with Crippen LogP contribution in [-0.4, -0.2) is 42.6 Å². The van der Waals surface area contributed by atoms with Crippen molar-refractivity contribution in [3.63, 3.8) is 0 Å². The number of fused-ring (bicyclic) bond motifs is 1. The van der Waals surface area contributed by atoms with Crippen LogP contribution in [0.4, 0.5) is 26.6 Å². The van der Waals surface area contributed by atoms with E-state index in [0.29, 0.717) is 22.3 Å². The van der Waals surface area contributed by atoms with Crippen LogP contribution in [0.25, 0.3) is 22.3 Å². The molecule has 0 saturated heterocycles. The largest absolute Gasteiger partial charge is 0.394 e. The van der Waals surface area contributed by atoms with Gasteiger partial charge in [-0.2, -0.15) is 5.10 Å². The maximum atomic E-state index is 14.8. The molecular weight excluding hydrogens is 431 g/mol. The first-order chi connectivity index (χ1) is 15.9. The molecule has 1 fully saturated rings. The van der Waals surface area contributed by atoms with Crippen molar-refractivity contribution < 1.29 is 18.8 Å². The molecule has 3 aromatic heterocycles. The molecule has 1 aliphatic carbocycles. The molecule has 11 nitrogen and oxygen atoms in total. The van der Waals surface area contributed by atoms with Gasteiger partial charge in [-0.1, -0.05) is 18.1 Å². The van der Waals surface area contributed by atoms with Gasteiger partial charge in [0, 0.05) is 17.0 Å². The smallest absolute Gasteiger partial charge is 0.326 e. The van der Waals surface area contributed by atoms with E-state index in [9.17, 15) is 14.3 Å². The Labute approximate surface area is 186 Å². The molecular formula is C21H21FN8O3. The number of rotatable bonds is 6. The Balaban J connectivity index is 1.37. The van der Waals surface area contributed by atoms with Gasteiger partial charge >= 0.3 is 6.03 Å². The molecule has 0 spiro atoms. The number of hydrogen-bond acceptors (Lipinski definition) is 8. The molecule has 12 heteroatoms. The van der Waals surface area contributed by atoms with E-state index in [4.69, 9.17) is 10.3 Å². The molecule has 3 heterocycles. The zero-order valence-electron chi connectivity index (χ0n) is 17.7. The quantitative estimate of drug-likeness (QED) is 0.348. The summed E-state index contributed by atoms with van der Waals surface area (Å²) in [5.41, 5.74) is 7.97. The Kier molecular flexibility index (Phi) is 4.93. The van der Waals surface area contributed by atoms with Crippen LogP contribution >= 0.6 is 0 Å². The Morgan fingerprint density at radius 2 is 2.12 bits per heavy atom. The fourth-order valence-corrected chi connectivity index (χ4v) is 3.57. The summed E-state index contributed by atoms with van der Waals surface area (Å²) in [7, 11) is 0. The number of benzene rings is 1. The predicted octanol–water partition coefficient (Wildman–Crippen LogP) is 2.89. The monoisotopic (exact) mass is 452 g/mol. The van der Waals surface area contributed by atoms with Crippen molar-refractivity contribution in [2.45, 2.75) is 31.7 Å². The molecule has 33 heavy (non-hydrogen) atoms. The first-order valence-corrected chi connectivity index (χ1v) is 10.3. The molecule has 0 bridgehead atoms. The summed E-state index contributed by atoms with van der Waals surface area (Å²) in [4.78, 5) is 20.5. The van der Waals surface area contributed by atoms with E-state index in [0.717, 1.165) is 18.5 Å².